The Kier molecular flexibility index (Phi) is 3.24. The standard InChI is InChI=1S/C8H11N3O3/c1-2-14-8-4-3-6(10-9)5-7(8)11(12)13/h3-5,10H,2,9H2,1H3. The van der Waals surface area contributed by atoms with Gasteiger partial charge in [-0.15, -0.1) is 0 Å². The fourth-order valence-corrected chi connectivity index (χ4v) is 1.03. The molecule has 0 aromatic heterocycles. The maximum absolute atomic E-state index is 10.6. The van der Waals surface area contributed by atoms with Crippen molar-refractivity contribution in [2.45, 2.75) is 6.92 Å². The summed E-state index contributed by atoms with van der Waals surface area (Å²) in [6.45, 7) is 2.15. The number of hydrazine groups is 1. The van der Waals surface area contributed by atoms with E-state index in [1.165, 1.54) is 12.1 Å². The molecule has 14 heavy (non-hydrogen) atoms. The molecule has 0 amide bonds. The molecule has 0 fully saturated rings. The van der Waals surface area contributed by atoms with E-state index in [2.05, 4.69) is 5.43 Å². The van der Waals surface area contributed by atoms with Crippen LogP contribution >= 0.6 is 0 Å². The number of nitrogens with two attached hydrogens (primary N) is 1. The van der Waals surface area contributed by atoms with Crippen LogP contribution in [0.25, 0.3) is 0 Å². The number of rotatable bonds is 4. The van der Waals surface area contributed by atoms with Crippen LogP contribution in [0.3, 0.4) is 0 Å². The smallest absolute Gasteiger partial charge is 0.313 e. The predicted octanol–water partition coefficient (Wildman–Crippen LogP) is 1.28. The van der Waals surface area contributed by atoms with Gasteiger partial charge in [0.25, 0.3) is 0 Å². The van der Waals surface area contributed by atoms with Crippen LogP contribution in [0.2, 0.25) is 0 Å². The minimum Gasteiger partial charge on any atom is -0.487 e. The molecule has 6 nitrogen and oxygen atoms in total. The Hall–Kier alpha value is -1.82. The monoisotopic (exact) mass is 197 g/mol. The summed E-state index contributed by atoms with van der Waals surface area (Å²) in [6.07, 6.45) is 0. The van der Waals surface area contributed by atoms with Gasteiger partial charge in [0.1, 0.15) is 0 Å². The third kappa shape index (κ3) is 2.11. The lowest BCUT2D eigenvalue weighted by molar-refractivity contribution is -0.385. The summed E-state index contributed by atoms with van der Waals surface area (Å²) in [5, 5.41) is 10.6. The van der Waals surface area contributed by atoms with E-state index in [4.69, 9.17) is 10.6 Å². The topological polar surface area (TPSA) is 90.4 Å². The van der Waals surface area contributed by atoms with Crippen LogP contribution in [-0.2, 0) is 0 Å². The van der Waals surface area contributed by atoms with Gasteiger partial charge >= 0.3 is 5.69 Å². The molecule has 76 valence electrons. The SMILES string of the molecule is CCOc1ccc(NN)cc1[N+](=O)[O-]. The quantitative estimate of drug-likeness (QED) is 0.431. The number of benzene rings is 1. The van der Waals surface area contributed by atoms with Crippen molar-refractivity contribution < 1.29 is 9.66 Å². The van der Waals surface area contributed by atoms with Crippen molar-refractivity contribution >= 4 is 11.4 Å². The van der Waals surface area contributed by atoms with Crippen molar-refractivity contribution in [2.75, 3.05) is 12.0 Å². The Labute approximate surface area is 80.8 Å². The molecular weight excluding hydrogens is 186 g/mol. The molecule has 0 aliphatic carbocycles. The number of nitro benzene ring substituents is 1. The van der Waals surface area contributed by atoms with E-state index < -0.39 is 4.92 Å². The highest BCUT2D eigenvalue weighted by Gasteiger charge is 2.15. The fourth-order valence-electron chi connectivity index (χ4n) is 1.03. The second-order valence-electron chi connectivity index (χ2n) is 2.52. The molecule has 0 atom stereocenters. The lowest BCUT2D eigenvalue weighted by atomic mass is 10.2. The summed E-state index contributed by atoms with van der Waals surface area (Å²) in [4.78, 5) is 10.1. The van der Waals surface area contributed by atoms with Crippen molar-refractivity contribution in [1.29, 1.82) is 0 Å². The Balaban J connectivity index is 3.10. The molecule has 0 heterocycles. The van der Waals surface area contributed by atoms with E-state index in [9.17, 15) is 10.1 Å². The molecule has 1 aromatic rings. The van der Waals surface area contributed by atoms with Gasteiger partial charge in [0.15, 0.2) is 5.75 Å². The van der Waals surface area contributed by atoms with Gasteiger partial charge in [-0.3, -0.25) is 16.0 Å². The first-order valence-electron chi connectivity index (χ1n) is 4.07. The van der Waals surface area contributed by atoms with E-state index in [0.29, 0.717) is 12.3 Å². The summed E-state index contributed by atoms with van der Waals surface area (Å²) in [5.41, 5.74) is 2.71. The number of hydrogen-bond donors (Lipinski definition) is 2. The lowest BCUT2D eigenvalue weighted by Gasteiger charge is -2.05. The van der Waals surface area contributed by atoms with Crippen LogP contribution < -0.4 is 16.0 Å². The first-order chi connectivity index (χ1) is 6.69. The van der Waals surface area contributed by atoms with E-state index in [1.54, 1.807) is 13.0 Å². The van der Waals surface area contributed by atoms with E-state index in [1.807, 2.05) is 0 Å². The number of ether oxygens (including phenoxy) is 1. The molecular formula is C8H11N3O3. The van der Waals surface area contributed by atoms with Crippen LogP contribution in [0.4, 0.5) is 11.4 Å². The number of nitro groups is 1. The largest absolute Gasteiger partial charge is 0.487 e. The maximum Gasteiger partial charge on any atom is 0.313 e. The molecule has 0 saturated carbocycles. The average Bonchev–Trinajstić information content (AvgIpc) is 2.18. The van der Waals surface area contributed by atoms with Crippen molar-refractivity contribution in [1.82, 2.24) is 0 Å². The summed E-state index contributed by atoms with van der Waals surface area (Å²) in [6, 6.07) is 4.44. The van der Waals surface area contributed by atoms with Crippen LogP contribution in [0.5, 0.6) is 5.75 Å². The molecule has 1 rings (SSSR count). The molecule has 0 unspecified atom stereocenters. The van der Waals surface area contributed by atoms with Crippen LogP contribution in [0, 0.1) is 10.1 Å². The number of nitrogen functional groups attached to an aromatic ring is 1. The second-order valence-corrected chi connectivity index (χ2v) is 2.52. The number of anilines is 1. The van der Waals surface area contributed by atoms with Crippen LogP contribution in [-0.4, -0.2) is 11.5 Å². The van der Waals surface area contributed by atoms with Crippen LogP contribution in [0.1, 0.15) is 6.92 Å². The summed E-state index contributed by atoms with van der Waals surface area (Å²) in [7, 11) is 0. The Morgan fingerprint density at radius 2 is 2.36 bits per heavy atom. The van der Waals surface area contributed by atoms with Gasteiger partial charge in [-0.05, 0) is 19.1 Å². The Morgan fingerprint density at radius 3 is 2.86 bits per heavy atom. The van der Waals surface area contributed by atoms with Gasteiger partial charge in [0, 0.05) is 6.07 Å². The van der Waals surface area contributed by atoms with Crippen molar-refractivity contribution in [3.05, 3.63) is 28.3 Å². The van der Waals surface area contributed by atoms with E-state index >= 15 is 0 Å². The molecule has 0 saturated heterocycles. The molecule has 3 N–H and O–H groups in total. The molecule has 0 spiro atoms. The summed E-state index contributed by atoms with van der Waals surface area (Å²) >= 11 is 0. The number of nitrogens with zero attached hydrogens (tertiary/aromatic N) is 1. The van der Waals surface area contributed by atoms with Crippen molar-refractivity contribution in [2.24, 2.45) is 5.84 Å². The average molecular weight is 197 g/mol. The highest BCUT2D eigenvalue weighted by molar-refractivity contribution is 5.57. The zero-order chi connectivity index (χ0) is 10.6. The highest BCUT2D eigenvalue weighted by atomic mass is 16.6. The zero-order valence-corrected chi connectivity index (χ0v) is 7.69. The van der Waals surface area contributed by atoms with Gasteiger partial charge in [-0.2, -0.15) is 0 Å². The fraction of sp³-hybridized carbons (Fsp3) is 0.250. The van der Waals surface area contributed by atoms with E-state index in [0.717, 1.165) is 0 Å². The van der Waals surface area contributed by atoms with E-state index in [-0.39, 0.29) is 11.4 Å². The Bertz CT molecular complexity index is 341. The van der Waals surface area contributed by atoms with Gasteiger partial charge in [0.2, 0.25) is 0 Å². The molecule has 6 heteroatoms. The van der Waals surface area contributed by atoms with Crippen molar-refractivity contribution in [3.8, 4) is 5.75 Å². The number of nitrogens with one attached hydrogen (secondary N) is 1. The van der Waals surface area contributed by atoms with Gasteiger partial charge in [-0.25, -0.2) is 0 Å². The zero-order valence-electron chi connectivity index (χ0n) is 7.69. The first-order valence-corrected chi connectivity index (χ1v) is 4.07. The number of hydrogen-bond acceptors (Lipinski definition) is 5. The second kappa shape index (κ2) is 4.43. The lowest BCUT2D eigenvalue weighted by Crippen LogP contribution is -2.07. The van der Waals surface area contributed by atoms with Gasteiger partial charge in [0.05, 0.1) is 17.2 Å². The normalized spacial score (nSPS) is 9.57. The van der Waals surface area contributed by atoms with Crippen LogP contribution in [0.15, 0.2) is 18.2 Å². The third-order valence-corrected chi connectivity index (χ3v) is 1.62. The van der Waals surface area contributed by atoms with Crippen molar-refractivity contribution in [3.63, 3.8) is 0 Å². The molecule has 0 aliphatic heterocycles. The molecule has 1 aromatic carbocycles. The first kappa shape index (κ1) is 10.3. The Morgan fingerprint density at radius 1 is 1.64 bits per heavy atom. The minimum atomic E-state index is -0.508. The summed E-state index contributed by atoms with van der Waals surface area (Å²) in [5.74, 6) is 5.38. The molecule has 0 radical (unpaired) electrons. The minimum absolute atomic E-state index is 0.0951. The third-order valence-electron chi connectivity index (χ3n) is 1.62. The van der Waals surface area contributed by atoms with Gasteiger partial charge < -0.3 is 10.2 Å². The van der Waals surface area contributed by atoms with Gasteiger partial charge in [-0.1, -0.05) is 0 Å². The maximum atomic E-state index is 10.6. The predicted molar refractivity (Wildman–Crippen MR) is 52.1 cm³/mol. The molecule has 0 bridgehead atoms. The summed E-state index contributed by atoms with van der Waals surface area (Å²) < 4.78 is 5.09. The molecule has 0 aliphatic rings. The highest BCUT2D eigenvalue weighted by Crippen LogP contribution is 2.29.